The lowest BCUT2D eigenvalue weighted by Crippen LogP contribution is -2.45. The van der Waals surface area contributed by atoms with Crippen LogP contribution in [0.15, 0.2) is 54.6 Å². The average molecular weight is 414 g/mol. The second kappa shape index (κ2) is 8.75. The molecule has 0 aliphatic carbocycles. The van der Waals surface area contributed by atoms with E-state index in [4.69, 9.17) is 16.1 Å². The monoisotopic (exact) mass is 413 g/mol. The van der Waals surface area contributed by atoms with E-state index in [0.29, 0.717) is 30.3 Å². The highest BCUT2D eigenvalue weighted by Gasteiger charge is 2.25. The predicted octanol–water partition coefficient (Wildman–Crippen LogP) is 4.10. The number of amides is 1. The average Bonchev–Trinajstić information content (AvgIpc) is 3.24. The first kappa shape index (κ1) is 20.8. The van der Waals surface area contributed by atoms with Crippen molar-refractivity contribution < 1.29 is 4.79 Å². The van der Waals surface area contributed by atoms with Crippen molar-refractivity contribution in [3.63, 3.8) is 0 Å². The second-order valence-corrected chi connectivity index (χ2v) is 8.42. The summed E-state index contributed by atoms with van der Waals surface area (Å²) in [7, 11) is 0. The maximum absolute atomic E-state index is 13.2. The van der Waals surface area contributed by atoms with E-state index in [0.717, 1.165) is 29.8 Å². The van der Waals surface area contributed by atoms with Gasteiger partial charge in [-0.3, -0.25) is 4.79 Å². The van der Waals surface area contributed by atoms with Crippen LogP contribution in [0.5, 0.6) is 0 Å². The van der Waals surface area contributed by atoms with Crippen molar-refractivity contribution in [1.29, 1.82) is 5.26 Å². The van der Waals surface area contributed by atoms with E-state index in [-0.39, 0.29) is 11.9 Å². The Morgan fingerprint density at radius 1 is 1.16 bits per heavy atom. The largest absolute Gasteiger partial charge is 0.336 e. The number of nitrogens with two attached hydrogens (primary N) is 1. The highest BCUT2D eigenvalue weighted by Crippen LogP contribution is 2.26. The van der Waals surface area contributed by atoms with Crippen LogP contribution in [0.3, 0.4) is 0 Å². The van der Waals surface area contributed by atoms with Crippen LogP contribution in [0.25, 0.3) is 16.9 Å². The number of likely N-dealkylation sites (tertiary alicyclic amines) is 1. The molecule has 31 heavy (non-hydrogen) atoms. The second-order valence-electron chi connectivity index (χ2n) is 8.42. The zero-order valence-corrected chi connectivity index (χ0v) is 18.0. The molecule has 6 nitrogen and oxygen atoms in total. The summed E-state index contributed by atoms with van der Waals surface area (Å²) in [5.41, 5.74) is 10.9. The number of carbonyl (C=O) groups excluding carboxylic acids is 1. The molecule has 0 spiro atoms. The Morgan fingerprint density at radius 3 is 2.48 bits per heavy atom. The molecule has 0 saturated carbocycles. The van der Waals surface area contributed by atoms with Gasteiger partial charge in [0.05, 0.1) is 23.0 Å². The molecule has 1 saturated heterocycles. The lowest BCUT2D eigenvalue weighted by Gasteiger charge is -2.30. The number of nitriles is 1. The van der Waals surface area contributed by atoms with Crippen LogP contribution in [0.1, 0.15) is 54.2 Å². The first-order chi connectivity index (χ1) is 15.0. The Hall–Kier alpha value is -3.43. The topological polar surface area (TPSA) is 87.9 Å². The molecule has 1 atom stereocenters. The summed E-state index contributed by atoms with van der Waals surface area (Å²) in [6, 6.07) is 19.6. The van der Waals surface area contributed by atoms with Crippen LogP contribution in [-0.4, -0.2) is 39.7 Å². The lowest BCUT2D eigenvalue weighted by molar-refractivity contribution is 0.0702. The molecule has 1 aliphatic heterocycles. The molecule has 1 aromatic heterocycles. The molecule has 4 rings (SSSR count). The third-order valence-electron chi connectivity index (χ3n) is 5.79. The molecule has 1 unspecified atom stereocenters. The number of nitrogens with zero attached hydrogens (tertiary/aromatic N) is 4. The van der Waals surface area contributed by atoms with Gasteiger partial charge in [0.15, 0.2) is 5.69 Å². The van der Waals surface area contributed by atoms with E-state index in [2.05, 4.69) is 32.0 Å². The molecule has 2 aromatic carbocycles. The molecule has 0 radical (unpaired) electrons. The fourth-order valence-corrected chi connectivity index (χ4v) is 3.96. The lowest BCUT2D eigenvalue weighted by atomic mass is 10.0. The van der Waals surface area contributed by atoms with Crippen molar-refractivity contribution in [2.75, 3.05) is 13.1 Å². The van der Waals surface area contributed by atoms with Crippen molar-refractivity contribution >= 4 is 5.91 Å². The number of hydrogen-bond donors (Lipinski definition) is 1. The van der Waals surface area contributed by atoms with E-state index < -0.39 is 0 Å². The van der Waals surface area contributed by atoms with E-state index in [1.807, 2.05) is 35.0 Å². The van der Waals surface area contributed by atoms with Gasteiger partial charge >= 0.3 is 0 Å². The summed E-state index contributed by atoms with van der Waals surface area (Å²) in [4.78, 5) is 15.0. The van der Waals surface area contributed by atoms with Crippen LogP contribution >= 0.6 is 0 Å². The highest BCUT2D eigenvalue weighted by atomic mass is 16.2. The third-order valence-corrected chi connectivity index (χ3v) is 5.79. The molecule has 1 aliphatic rings. The van der Waals surface area contributed by atoms with Crippen LogP contribution < -0.4 is 5.73 Å². The summed E-state index contributed by atoms with van der Waals surface area (Å²) in [6.07, 6.45) is 1.85. The van der Waals surface area contributed by atoms with Gasteiger partial charge in [0.1, 0.15) is 0 Å². The standard InChI is InChI=1S/C25H27N5O/c1-17(2)19-9-11-22(12-10-19)30-24(20-7-5-18(15-26)6-8-20)14-23(28-30)25(31)29-13-3-4-21(27)16-29/h5-12,14,17,21H,3-4,13,16,27H2,1-2H3. The van der Waals surface area contributed by atoms with E-state index in [9.17, 15) is 4.79 Å². The van der Waals surface area contributed by atoms with Crippen LogP contribution in [0, 0.1) is 11.3 Å². The molecular formula is C25H27N5O. The van der Waals surface area contributed by atoms with Gasteiger partial charge in [0, 0.05) is 24.7 Å². The van der Waals surface area contributed by atoms with E-state index >= 15 is 0 Å². The van der Waals surface area contributed by atoms with Crippen molar-refractivity contribution in [1.82, 2.24) is 14.7 Å². The van der Waals surface area contributed by atoms with E-state index in [1.165, 1.54) is 5.56 Å². The van der Waals surface area contributed by atoms with Gasteiger partial charge < -0.3 is 10.6 Å². The number of hydrogen-bond acceptors (Lipinski definition) is 4. The summed E-state index contributed by atoms with van der Waals surface area (Å²) >= 11 is 0. The summed E-state index contributed by atoms with van der Waals surface area (Å²) in [6.45, 7) is 5.58. The van der Waals surface area contributed by atoms with Crippen molar-refractivity contribution in [2.45, 2.75) is 38.6 Å². The van der Waals surface area contributed by atoms with Gasteiger partial charge in [0.2, 0.25) is 0 Å². The van der Waals surface area contributed by atoms with Gasteiger partial charge in [-0.25, -0.2) is 4.68 Å². The summed E-state index contributed by atoms with van der Waals surface area (Å²) in [5.74, 6) is 0.340. The van der Waals surface area contributed by atoms with Gasteiger partial charge in [-0.15, -0.1) is 0 Å². The van der Waals surface area contributed by atoms with Crippen LogP contribution in [0.4, 0.5) is 0 Å². The minimum absolute atomic E-state index is 0.0151. The van der Waals surface area contributed by atoms with Gasteiger partial charge in [0.25, 0.3) is 5.91 Å². The molecule has 1 fully saturated rings. The number of piperidine rings is 1. The Balaban J connectivity index is 1.76. The minimum atomic E-state index is -0.0948. The SMILES string of the molecule is CC(C)c1ccc(-n2nc(C(=O)N3CCCC(N)C3)cc2-c2ccc(C#N)cc2)cc1. The Bertz CT molecular complexity index is 1110. The number of rotatable bonds is 4. The van der Waals surface area contributed by atoms with Gasteiger partial charge in [-0.1, -0.05) is 38.1 Å². The van der Waals surface area contributed by atoms with Crippen LogP contribution in [0.2, 0.25) is 0 Å². The normalized spacial score (nSPS) is 16.4. The zero-order valence-electron chi connectivity index (χ0n) is 18.0. The zero-order chi connectivity index (χ0) is 22.0. The summed E-state index contributed by atoms with van der Waals surface area (Å²) in [5, 5.41) is 13.8. The molecular weight excluding hydrogens is 386 g/mol. The maximum atomic E-state index is 13.2. The molecule has 3 aromatic rings. The quantitative estimate of drug-likeness (QED) is 0.697. The van der Waals surface area contributed by atoms with Gasteiger partial charge in [-0.2, -0.15) is 10.4 Å². The fraction of sp³-hybridized carbons (Fsp3) is 0.320. The summed E-state index contributed by atoms with van der Waals surface area (Å²) < 4.78 is 1.81. The fourth-order valence-electron chi connectivity index (χ4n) is 3.96. The van der Waals surface area contributed by atoms with Gasteiger partial charge in [-0.05, 0) is 54.7 Å². The molecule has 1 amide bonds. The smallest absolute Gasteiger partial charge is 0.274 e. The molecule has 2 N–H and O–H groups in total. The maximum Gasteiger partial charge on any atom is 0.274 e. The van der Waals surface area contributed by atoms with Crippen molar-refractivity contribution in [3.8, 4) is 23.0 Å². The molecule has 6 heteroatoms. The third kappa shape index (κ3) is 4.37. The first-order valence-electron chi connectivity index (χ1n) is 10.7. The predicted molar refractivity (Wildman–Crippen MR) is 121 cm³/mol. The number of benzene rings is 2. The van der Waals surface area contributed by atoms with E-state index in [1.54, 1.807) is 17.0 Å². The molecule has 0 bridgehead atoms. The molecule has 2 heterocycles. The number of carbonyl (C=O) groups is 1. The van der Waals surface area contributed by atoms with Crippen molar-refractivity contribution in [2.24, 2.45) is 5.73 Å². The Morgan fingerprint density at radius 2 is 1.87 bits per heavy atom. The molecule has 158 valence electrons. The Kier molecular flexibility index (Phi) is 5.88. The van der Waals surface area contributed by atoms with Crippen LogP contribution in [-0.2, 0) is 0 Å². The Labute approximate surface area is 182 Å². The highest BCUT2D eigenvalue weighted by molar-refractivity contribution is 5.93. The number of aromatic nitrogens is 2. The minimum Gasteiger partial charge on any atom is -0.336 e. The first-order valence-corrected chi connectivity index (χ1v) is 10.7. The van der Waals surface area contributed by atoms with Crippen molar-refractivity contribution in [3.05, 3.63) is 71.4 Å².